The second-order valence-corrected chi connectivity index (χ2v) is 4.12. The first-order valence-corrected chi connectivity index (χ1v) is 5.60. The normalized spacial score (nSPS) is 13.3. The van der Waals surface area contributed by atoms with Gasteiger partial charge in [-0.1, -0.05) is 30.7 Å². The Labute approximate surface area is 94.6 Å². The van der Waals surface area contributed by atoms with E-state index in [1.807, 2.05) is 12.1 Å². The molecule has 80 valence electrons. The molecule has 0 bridgehead atoms. The smallest absolute Gasteiger partial charge is 0.0647 e. The summed E-state index contributed by atoms with van der Waals surface area (Å²) in [5.41, 5.74) is 2.21. The van der Waals surface area contributed by atoms with E-state index < -0.39 is 0 Å². The molecule has 1 aromatic heterocycles. The molecule has 1 aromatic carbocycles. The van der Waals surface area contributed by atoms with Gasteiger partial charge in [-0.3, -0.25) is 0 Å². The van der Waals surface area contributed by atoms with Gasteiger partial charge in [-0.15, -0.1) is 0 Å². The summed E-state index contributed by atoms with van der Waals surface area (Å²) < 4.78 is 0. The number of nitrogens with one attached hydrogen (secondary N) is 2. The topological polar surface area (TPSA) is 27.8 Å². The molecule has 2 rings (SSSR count). The van der Waals surface area contributed by atoms with Crippen molar-refractivity contribution >= 4 is 22.5 Å². The maximum atomic E-state index is 6.10. The van der Waals surface area contributed by atoms with Crippen molar-refractivity contribution in [3.8, 4) is 0 Å². The third-order valence-electron chi connectivity index (χ3n) is 2.60. The first-order valence-electron chi connectivity index (χ1n) is 5.23. The standard InChI is InChI=1S/C12H15ClN2/c1-3-14-8(2)11-7-9-5-4-6-10(13)12(9)15-11/h4-8,14-15H,3H2,1-2H3. The highest BCUT2D eigenvalue weighted by molar-refractivity contribution is 6.35. The van der Waals surface area contributed by atoms with E-state index in [4.69, 9.17) is 11.6 Å². The lowest BCUT2D eigenvalue weighted by Crippen LogP contribution is -2.17. The Morgan fingerprint density at radius 2 is 2.27 bits per heavy atom. The van der Waals surface area contributed by atoms with Crippen LogP contribution in [0.25, 0.3) is 10.9 Å². The maximum absolute atomic E-state index is 6.10. The molecule has 0 aliphatic heterocycles. The molecule has 2 aromatic rings. The molecule has 1 atom stereocenters. The van der Waals surface area contributed by atoms with Crippen LogP contribution in [0, 0.1) is 0 Å². The molecular formula is C12H15ClN2. The molecule has 0 amide bonds. The van der Waals surface area contributed by atoms with Gasteiger partial charge in [0.2, 0.25) is 0 Å². The third kappa shape index (κ3) is 2.01. The highest BCUT2D eigenvalue weighted by Gasteiger charge is 2.08. The van der Waals surface area contributed by atoms with Crippen LogP contribution in [-0.4, -0.2) is 11.5 Å². The summed E-state index contributed by atoms with van der Waals surface area (Å²) in [5.74, 6) is 0. The van der Waals surface area contributed by atoms with E-state index in [9.17, 15) is 0 Å². The third-order valence-corrected chi connectivity index (χ3v) is 2.92. The van der Waals surface area contributed by atoms with Crippen LogP contribution < -0.4 is 5.32 Å². The van der Waals surface area contributed by atoms with Gasteiger partial charge in [0.25, 0.3) is 0 Å². The number of rotatable bonds is 3. The van der Waals surface area contributed by atoms with Crippen molar-refractivity contribution in [3.63, 3.8) is 0 Å². The van der Waals surface area contributed by atoms with Crippen molar-refractivity contribution in [2.75, 3.05) is 6.54 Å². The van der Waals surface area contributed by atoms with Gasteiger partial charge in [-0.25, -0.2) is 0 Å². The molecule has 0 saturated heterocycles. The number of para-hydroxylation sites is 1. The average Bonchev–Trinajstić information content (AvgIpc) is 2.63. The Balaban J connectivity index is 2.43. The van der Waals surface area contributed by atoms with Crippen molar-refractivity contribution in [1.29, 1.82) is 0 Å². The minimum Gasteiger partial charge on any atom is -0.356 e. The van der Waals surface area contributed by atoms with E-state index in [0.717, 1.165) is 17.1 Å². The van der Waals surface area contributed by atoms with Gasteiger partial charge >= 0.3 is 0 Å². The van der Waals surface area contributed by atoms with E-state index in [2.05, 4.69) is 36.3 Å². The van der Waals surface area contributed by atoms with Crippen LogP contribution in [-0.2, 0) is 0 Å². The number of fused-ring (bicyclic) bond motifs is 1. The molecular weight excluding hydrogens is 208 g/mol. The Bertz CT molecular complexity index is 462. The summed E-state index contributed by atoms with van der Waals surface area (Å²) in [6, 6.07) is 8.43. The van der Waals surface area contributed by atoms with E-state index >= 15 is 0 Å². The van der Waals surface area contributed by atoms with E-state index in [0.29, 0.717) is 6.04 Å². The number of aromatic amines is 1. The average molecular weight is 223 g/mol. The van der Waals surface area contributed by atoms with Crippen molar-refractivity contribution in [2.24, 2.45) is 0 Å². The molecule has 0 aliphatic rings. The number of hydrogen-bond donors (Lipinski definition) is 2. The summed E-state index contributed by atoms with van der Waals surface area (Å²) in [6.07, 6.45) is 0. The predicted molar refractivity (Wildman–Crippen MR) is 65.4 cm³/mol. The zero-order chi connectivity index (χ0) is 10.8. The zero-order valence-corrected chi connectivity index (χ0v) is 9.73. The van der Waals surface area contributed by atoms with E-state index in [-0.39, 0.29) is 0 Å². The SMILES string of the molecule is CCNC(C)c1cc2cccc(Cl)c2[nH]1. The molecule has 1 heterocycles. The predicted octanol–water partition coefficient (Wildman–Crippen LogP) is 3.49. The summed E-state index contributed by atoms with van der Waals surface area (Å²) in [4.78, 5) is 3.35. The summed E-state index contributed by atoms with van der Waals surface area (Å²) in [5, 5.41) is 5.32. The van der Waals surface area contributed by atoms with Crippen molar-refractivity contribution < 1.29 is 0 Å². The minimum absolute atomic E-state index is 0.332. The highest BCUT2D eigenvalue weighted by Crippen LogP contribution is 2.25. The van der Waals surface area contributed by atoms with Crippen LogP contribution >= 0.6 is 11.6 Å². The Morgan fingerprint density at radius 3 is 2.93 bits per heavy atom. The van der Waals surface area contributed by atoms with Crippen molar-refractivity contribution in [2.45, 2.75) is 19.9 Å². The lowest BCUT2D eigenvalue weighted by Gasteiger charge is -2.09. The van der Waals surface area contributed by atoms with Gasteiger partial charge in [0, 0.05) is 17.1 Å². The van der Waals surface area contributed by atoms with Crippen LogP contribution in [0.3, 0.4) is 0 Å². The van der Waals surface area contributed by atoms with Crippen LogP contribution in [0.5, 0.6) is 0 Å². The number of aromatic nitrogens is 1. The fourth-order valence-electron chi connectivity index (χ4n) is 1.79. The van der Waals surface area contributed by atoms with Crippen LogP contribution in [0.1, 0.15) is 25.6 Å². The van der Waals surface area contributed by atoms with E-state index in [1.165, 1.54) is 11.1 Å². The molecule has 0 radical (unpaired) electrons. The monoisotopic (exact) mass is 222 g/mol. The van der Waals surface area contributed by atoms with Gasteiger partial charge in [0.15, 0.2) is 0 Å². The molecule has 0 aliphatic carbocycles. The summed E-state index contributed by atoms with van der Waals surface area (Å²) >= 11 is 6.10. The largest absolute Gasteiger partial charge is 0.356 e. The fraction of sp³-hybridized carbons (Fsp3) is 0.333. The van der Waals surface area contributed by atoms with Gasteiger partial charge in [-0.05, 0) is 25.6 Å². The molecule has 0 fully saturated rings. The second-order valence-electron chi connectivity index (χ2n) is 3.71. The summed E-state index contributed by atoms with van der Waals surface area (Å²) in [7, 11) is 0. The van der Waals surface area contributed by atoms with Gasteiger partial charge in [0.1, 0.15) is 0 Å². The Kier molecular flexibility index (Phi) is 2.98. The van der Waals surface area contributed by atoms with Gasteiger partial charge < -0.3 is 10.3 Å². The number of halogens is 1. The minimum atomic E-state index is 0.332. The maximum Gasteiger partial charge on any atom is 0.0647 e. The fourth-order valence-corrected chi connectivity index (χ4v) is 2.02. The molecule has 0 spiro atoms. The lowest BCUT2D eigenvalue weighted by molar-refractivity contribution is 0.587. The quantitative estimate of drug-likeness (QED) is 0.818. The van der Waals surface area contributed by atoms with Crippen LogP contribution in [0.2, 0.25) is 5.02 Å². The number of benzene rings is 1. The number of H-pyrrole nitrogens is 1. The van der Waals surface area contributed by atoms with Crippen molar-refractivity contribution in [1.82, 2.24) is 10.3 Å². The first kappa shape index (κ1) is 10.5. The summed E-state index contributed by atoms with van der Waals surface area (Å²) in [6.45, 7) is 5.21. The van der Waals surface area contributed by atoms with Crippen LogP contribution in [0.15, 0.2) is 24.3 Å². The second kappa shape index (κ2) is 4.25. The zero-order valence-electron chi connectivity index (χ0n) is 8.97. The van der Waals surface area contributed by atoms with E-state index in [1.54, 1.807) is 0 Å². The van der Waals surface area contributed by atoms with Crippen LogP contribution in [0.4, 0.5) is 0 Å². The number of hydrogen-bond acceptors (Lipinski definition) is 1. The highest BCUT2D eigenvalue weighted by atomic mass is 35.5. The molecule has 15 heavy (non-hydrogen) atoms. The first-order chi connectivity index (χ1) is 7.22. The molecule has 2 N–H and O–H groups in total. The Hall–Kier alpha value is -0.990. The Morgan fingerprint density at radius 1 is 1.47 bits per heavy atom. The lowest BCUT2D eigenvalue weighted by atomic mass is 10.2. The molecule has 1 unspecified atom stereocenters. The molecule has 0 saturated carbocycles. The van der Waals surface area contributed by atoms with Gasteiger partial charge in [0.05, 0.1) is 10.5 Å². The molecule has 2 nitrogen and oxygen atoms in total. The van der Waals surface area contributed by atoms with Crippen molar-refractivity contribution in [3.05, 3.63) is 35.0 Å². The van der Waals surface area contributed by atoms with Gasteiger partial charge in [-0.2, -0.15) is 0 Å². The molecule has 3 heteroatoms.